The number of nitrogens with one attached hydrogen (secondary N) is 2. The van der Waals surface area contributed by atoms with Gasteiger partial charge in [-0.05, 0) is 19.9 Å². The van der Waals surface area contributed by atoms with Gasteiger partial charge in [0.15, 0.2) is 0 Å². The van der Waals surface area contributed by atoms with Crippen LogP contribution in [-0.4, -0.2) is 34.7 Å². The number of rotatable bonds is 6. The van der Waals surface area contributed by atoms with Crippen molar-refractivity contribution in [2.24, 2.45) is 0 Å². The van der Waals surface area contributed by atoms with Crippen LogP contribution < -0.4 is 10.6 Å². The van der Waals surface area contributed by atoms with Gasteiger partial charge in [0.1, 0.15) is 0 Å². The van der Waals surface area contributed by atoms with Crippen LogP contribution in [0.3, 0.4) is 0 Å². The maximum Gasteiger partial charge on any atom is 0.230 e. The van der Waals surface area contributed by atoms with E-state index in [1.165, 1.54) is 0 Å². The highest BCUT2D eigenvalue weighted by Gasteiger charge is 2.04. The van der Waals surface area contributed by atoms with E-state index < -0.39 is 0 Å². The molecule has 0 unspecified atom stereocenters. The number of amides is 1. The van der Waals surface area contributed by atoms with Gasteiger partial charge in [0, 0.05) is 25.0 Å². The second-order valence-corrected chi connectivity index (χ2v) is 4.82. The van der Waals surface area contributed by atoms with E-state index in [-0.39, 0.29) is 11.9 Å². The Bertz CT molecular complexity index is 370. The van der Waals surface area contributed by atoms with E-state index >= 15 is 0 Å². The van der Waals surface area contributed by atoms with Crippen molar-refractivity contribution in [2.45, 2.75) is 25.6 Å². The molecule has 0 aliphatic carbocycles. The highest BCUT2D eigenvalue weighted by Crippen LogP contribution is 2.10. The number of hydrogen-bond acceptors (Lipinski definition) is 5. The van der Waals surface area contributed by atoms with E-state index in [0.717, 1.165) is 5.69 Å². The molecule has 0 bridgehead atoms. The van der Waals surface area contributed by atoms with E-state index in [2.05, 4.69) is 20.6 Å². The molecule has 0 fully saturated rings. The number of carbonyl (C=O) groups is 1. The fraction of sp³-hybridized carbons (Fsp3) is 0.545. The van der Waals surface area contributed by atoms with Crippen molar-refractivity contribution < 1.29 is 4.79 Å². The second-order valence-electron chi connectivity index (χ2n) is 3.84. The van der Waals surface area contributed by atoms with Crippen LogP contribution in [0.5, 0.6) is 0 Å². The van der Waals surface area contributed by atoms with Gasteiger partial charge >= 0.3 is 0 Å². The zero-order valence-electron chi connectivity index (χ0n) is 10.4. The molecular formula is C11H18N4OS. The van der Waals surface area contributed by atoms with E-state index in [1.54, 1.807) is 25.0 Å². The van der Waals surface area contributed by atoms with Crippen LogP contribution in [0.4, 0.5) is 5.95 Å². The van der Waals surface area contributed by atoms with Gasteiger partial charge in [0.05, 0.1) is 11.4 Å². The van der Waals surface area contributed by atoms with Crippen LogP contribution in [0.2, 0.25) is 0 Å². The minimum atomic E-state index is 0.0629. The Kier molecular flexibility index (Phi) is 5.76. The Morgan fingerprint density at radius 2 is 2.29 bits per heavy atom. The number of thioether (sulfide) groups is 1. The smallest absolute Gasteiger partial charge is 0.230 e. The van der Waals surface area contributed by atoms with Crippen LogP contribution in [-0.2, 0) is 10.5 Å². The summed E-state index contributed by atoms with van der Waals surface area (Å²) in [5.74, 6) is 1.84. The van der Waals surface area contributed by atoms with Gasteiger partial charge in [0.2, 0.25) is 11.9 Å². The number of anilines is 1. The third-order valence-corrected chi connectivity index (χ3v) is 2.84. The van der Waals surface area contributed by atoms with Gasteiger partial charge in [-0.2, -0.15) is 0 Å². The molecule has 5 nitrogen and oxygen atoms in total. The molecule has 1 amide bonds. The molecule has 94 valence electrons. The molecule has 0 aliphatic rings. The third kappa shape index (κ3) is 5.53. The lowest BCUT2D eigenvalue weighted by Gasteiger charge is -2.07. The molecule has 17 heavy (non-hydrogen) atoms. The predicted octanol–water partition coefficient (Wildman–Crippen LogP) is 1.28. The normalized spacial score (nSPS) is 10.4. The van der Waals surface area contributed by atoms with Crippen LogP contribution in [0.25, 0.3) is 0 Å². The molecule has 0 aliphatic heterocycles. The van der Waals surface area contributed by atoms with Crippen molar-refractivity contribution in [1.82, 2.24) is 15.3 Å². The van der Waals surface area contributed by atoms with E-state index in [4.69, 9.17) is 0 Å². The molecule has 0 spiro atoms. The predicted molar refractivity (Wildman–Crippen MR) is 71.0 cm³/mol. The van der Waals surface area contributed by atoms with Gasteiger partial charge in [-0.3, -0.25) is 4.79 Å². The van der Waals surface area contributed by atoms with E-state index in [0.29, 0.717) is 17.5 Å². The summed E-state index contributed by atoms with van der Waals surface area (Å²) in [6.07, 6.45) is 1.71. The Morgan fingerprint density at radius 3 is 2.94 bits per heavy atom. The zero-order chi connectivity index (χ0) is 12.7. The molecule has 0 saturated heterocycles. The van der Waals surface area contributed by atoms with Gasteiger partial charge in [-0.1, -0.05) is 0 Å². The van der Waals surface area contributed by atoms with Gasteiger partial charge in [-0.15, -0.1) is 11.8 Å². The molecule has 1 aromatic heterocycles. The molecule has 2 N–H and O–H groups in total. The van der Waals surface area contributed by atoms with Gasteiger partial charge in [-0.25, -0.2) is 9.97 Å². The fourth-order valence-corrected chi connectivity index (χ4v) is 1.95. The lowest BCUT2D eigenvalue weighted by molar-refractivity contribution is -0.119. The molecule has 1 heterocycles. The summed E-state index contributed by atoms with van der Waals surface area (Å²) in [6.45, 7) is 3.90. The van der Waals surface area contributed by atoms with Crippen molar-refractivity contribution in [2.75, 3.05) is 18.1 Å². The van der Waals surface area contributed by atoms with Crippen molar-refractivity contribution >= 4 is 23.6 Å². The van der Waals surface area contributed by atoms with Crippen LogP contribution in [0.1, 0.15) is 19.5 Å². The lowest BCUT2D eigenvalue weighted by Crippen LogP contribution is -2.31. The topological polar surface area (TPSA) is 66.9 Å². The summed E-state index contributed by atoms with van der Waals surface area (Å²) in [5.41, 5.74) is 0.923. The van der Waals surface area contributed by atoms with Crippen LogP contribution in [0, 0.1) is 0 Å². The molecule has 1 rings (SSSR count). The summed E-state index contributed by atoms with van der Waals surface area (Å²) in [7, 11) is 1.78. The third-order valence-electron chi connectivity index (χ3n) is 1.87. The van der Waals surface area contributed by atoms with Crippen molar-refractivity contribution in [3.8, 4) is 0 Å². The number of carbonyl (C=O) groups excluding carboxylic acids is 1. The van der Waals surface area contributed by atoms with Gasteiger partial charge in [0.25, 0.3) is 0 Å². The standard InChI is InChI=1S/C11H18N4OS/c1-8(2)14-10(16)7-17-6-9-4-5-13-11(12-3)15-9/h4-5,8H,6-7H2,1-3H3,(H,14,16)(H,12,13,15). The molecule has 0 radical (unpaired) electrons. The molecule has 0 saturated carbocycles. The summed E-state index contributed by atoms with van der Waals surface area (Å²) < 4.78 is 0. The Labute approximate surface area is 106 Å². The highest BCUT2D eigenvalue weighted by molar-refractivity contribution is 7.99. The second kappa shape index (κ2) is 7.11. The first-order valence-electron chi connectivity index (χ1n) is 5.48. The first-order valence-corrected chi connectivity index (χ1v) is 6.64. The largest absolute Gasteiger partial charge is 0.357 e. The average molecular weight is 254 g/mol. The molecule has 0 atom stereocenters. The molecule has 1 aromatic rings. The molecule has 6 heteroatoms. The zero-order valence-corrected chi connectivity index (χ0v) is 11.2. The number of nitrogens with zero attached hydrogens (tertiary/aromatic N) is 2. The van der Waals surface area contributed by atoms with E-state index in [1.807, 2.05) is 19.9 Å². The Balaban J connectivity index is 2.32. The SMILES string of the molecule is CNc1nccc(CSCC(=O)NC(C)C)n1. The van der Waals surface area contributed by atoms with Crippen molar-refractivity contribution in [3.05, 3.63) is 18.0 Å². The van der Waals surface area contributed by atoms with Gasteiger partial charge < -0.3 is 10.6 Å². The molecule has 0 aromatic carbocycles. The summed E-state index contributed by atoms with van der Waals surface area (Å²) >= 11 is 1.55. The maximum atomic E-state index is 11.4. The monoisotopic (exact) mass is 254 g/mol. The lowest BCUT2D eigenvalue weighted by atomic mass is 10.4. The summed E-state index contributed by atoms with van der Waals surface area (Å²) in [5, 5.41) is 5.73. The highest BCUT2D eigenvalue weighted by atomic mass is 32.2. The Hall–Kier alpha value is -1.30. The first-order chi connectivity index (χ1) is 8.11. The van der Waals surface area contributed by atoms with Crippen molar-refractivity contribution in [3.63, 3.8) is 0 Å². The van der Waals surface area contributed by atoms with Crippen LogP contribution >= 0.6 is 11.8 Å². The summed E-state index contributed by atoms with van der Waals surface area (Å²) in [4.78, 5) is 19.7. The average Bonchev–Trinajstić information content (AvgIpc) is 2.28. The Morgan fingerprint density at radius 1 is 1.53 bits per heavy atom. The first kappa shape index (κ1) is 13.8. The van der Waals surface area contributed by atoms with Crippen molar-refractivity contribution in [1.29, 1.82) is 0 Å². The van der Waals surface area contributed by atoms with E-state index in [9.17, 15) is 4.79 Å². The number of hydrogen-bond donors (Lipinski definition) is 2. The quantitative estimate of drug-likeness (QED) is 0.800. The summed E-state index contributed by atoms with van der Waals surface area (Å²) in [6, 6.07) is 2.05. The fourth-order valence-electron chi connectivity index (χ4n) is 1.21. The minimum Gasteiger partial charge on any atom is -0.357 e. The maximum absolute atomic E-state index is 11.4. The minimum absolute atomic E-state index is 0.0629. The number of aromatic nitrogens is 2. The molecular weight excluding hydrogens is 236 g/mol. The van der Waals surface area contributed by atoms with Crippen LogP contribution in [0.15, 0.2) is 12.3 Å².